The summed E-state index contributed by atoms with van der Waals surface area (Å²) < 4.78 is 5.28. The summed E-state index contributed by atoms with van der Waals surface area (Å²) in [7, 11) is 0. The van der Waals surface area contributed by atoms with E-state index in [0.717, 1.165) is 17.1 Å². The summed E-state index contributed by atoms with van der Waals surface area (Å²) in [6, 6.07) is 64.5. The van der Waals surface area contributed by atoms with Crippen molar-refractivity contribution in [3.63, 3.8) is 0 Å². The van der Waals surface area contributed by atoms with Crippen molar-refractivity contribution in [2.24, 2.45) is 0 Å². The van der Waals surface area contributed by atoms with Crippen LogP contribution in [0.15, 0.2) is 176 Å². The van der Waals surface area contributed by atoms with E-state index in [4.69, 9.17) is 0 Å². The third kappa shape index (κ3) is 4.82. The van der Waals surface area contributed by atoms with Gasteiger partial charge in [-0.25, -0.2) is 0 Å². The number of hydrogen-bond acceptors (Lipinski definition) is 3. The maximum absolute atomic E-state index is 2.40. The van der Waals surface area contributed by atoms with E-state index in [2.05, 4.69) is 181 Å². The van der Waals surface area contributed by atoms with Crippen LogP contribution < -0.4 is 4.90 Å². The molecule has 0 amide bonds. The van der Waals surface area contributed by atoms with Crippen molar-refractivity contribution in [3.8, 4) is 22.3 Å². The van der Waals surface area contributed by atoms with Crippen LogP contribution in [0, 0.1) is 0 Å². The lowest BCUT2D eigenvalue weighted by Gasteiger charge is -2.26. The molecule has 0 aliphatic rings. The highest BCUT2D eigenvalue weighted by molar-refractivity contribution is 7.26. The van der Waals surface area contributed by atoms with Gasteiger partial charge in [-0.05, 0) is 99.8 Å². The number of hydrogen-bond donors (Lipinski definition) is 0. The van der Waals surface area contributed by atoms with E-state index in [1.54, 1.807) is 0 Å². The minimum atomic E-state index is 1.13. The zero-order chi connectivity index (χ0) is 32.3. The first-order valence-electron chi connectivity index (χ1n) is 16.6. The Labute approximate surface area is 292 Å². The second-order valence-corrected chi connectivity index (χ2v) is 14.7. The second kappa shape index (κ2) is 11.5. The fourth-order valence-corrected chi connectivity index (χ4v) is 9.52. The van der Waals surface area contributed by atoms with Crippen LogP contribution in [0.1, 0.15) is 0 Å². The van der Waals surface area contributed by atoms with Crippen molar-refractivity contribution < 1.29 is 0 Å². The molecule has 2 heterocycles. The molecule has 0 saturated carbocycles. The average molecular weight is 660 g/mol. The molecular weight excluding hydrogens is 631 g/mol. The average Bonchev–Trinajstić information content (AvgIpc) is 3.74. The Hall–Kier alpha value is -5.74. The lowest BCUT2D eigenvalue weighted by Crippen LogP contribution is -2.10. The van der Waals surface area contributed by atoms with Gasteiger partial charge in [0.15, 0.2) is 0 Å². The maximum atomic E-state index is 2.40. The summed E-state index contributed by atoms with van der Waals surface area (Å²) >= 11 is 3.73. The summed E-state index contributed by atoms with van der Waals surface area (Å²) in [5.41, 5.74) is 8.31. The lowest BCUT2D eigenvalue weighted by molar-refractivity contribution is 1.29. The van der Waals surface area contributed by atoms with Crippen LogP contribution in [0.5, 0.6) is 0 Å². The van der Waals surface area contributed by atoms with Gasteiger partial charge in [-0.15, -0.1) is 22.7 Å². The van der Waals surface area contributed by atoms with Crippen LogP contribution in [0.2, 0.25) is 0 Å². The minimum absolute atomic E-state index is 1.13. The summed E-state index contributed by atoms with van der Waals surface area (Å²) in [6.45, 7) is 0. The predicted octanol–water partition coefficient (Wildman–Crippen LogP) is 14.4. The third-order valence-corrected chi connectivity index (χ3v) is 11.9. The molecule has 10 aromatic rings. The Morgan fingerprint density at radius 2 is 0.939 bits per heavy atom. The highest BCUT2D eigenvalue weighted by atomic mass is 32.1. The van der Waals surface area contributed by atoms with E-state index in [-0.39, 0.29) is 0 Å². The van der Waals surface area contributed by atoms with Crippen molar-refractivity contribution in [1.29, 1.82) is 0 Å². The van der Waals surface area contributed by atoms with Gasteiger partial charge in [-0.2, -0.15) is 0 Å². The molecular formula is C46H29NS2. The molecule has 10 rings (SSSR count). The van der Waals surface area contributed by atoms with Gasteiger partial charge in [0.2, 0.25) is 0 Å². The number of anilines is 3. The van der Waals surface area contributed by atoms with Crippen molar-refractivity contribution >= 4 is 90.9 Å². The number of nitrogens with zero attached hydrogens (tertiary/aromatic N) is 1. The van der Waals surface area contributed by atoms with E-state index in [0.29, 0.717) is 0 Å². The molecule has 3 heteroatoms. The molecule has 8 aromatic carbocycles. The van der Waals surface area contributed by atoms with Gasteiger partial charge < -0.3 is 4.90 Å². The molecule has 0 fully saturated rings. The smallest absolute Gasteiger partial charge is 0.0468 e. The first-order chi connectivity index (χ1) is 24.3. The zero-order valence-electron chi connectivity index (χ0n) is 26.5. The molecule has 0 saturated heterocycles. The van der Waals surface area contributed by atoms with E-state index >= 15 is 0 Å². The fraction of sp³-hybridized carbons (Fsp3) is 0. The van der Waals surface area contributed by atoms with Gasteiger partial charge >= 0.3 is 0 Å². The number of fused-ring (bicyclic) bond motifs is 7. The third-order valence-electron chi connectivity index (χ3n) is 9.64. The van der Waals surface area contributed by atoms with E-state index < -0.39 is 0 Å². The topological polar surface area (TPSA) is 3.24 Å². The van der Waals surface area contributed by atoms with Crippen LogP contribution in [0.4, 0.5) is 17.1 Å². The van der Waals surface area contributed by atoms with E-state index in [1.165, 1.54) is 73.4 Å². The van der Waals surface area contributed by atoms with Crippen LogP contribution in [0.25, 0.3) is 73.4 Å². The highest BCUT2D eigenvalue weighted by Crippen LogP contribution is 2.44. The Morgan fingerprint density at radius 1 is 0.327 bits per heavy atom. The second-order valence-electron chi connectivity index (χ2n) is 12.6. The normalized spacial score (nSPS) is 11.7. The SMILES string of the molecule is c1cc(-c2ccc3ccccc3c2)cc(N(c2ccc(-c3cccc4sc5ccccc5c34)cc2)c2ccc3sc4ccccc4c3c2)c1. The molecule has 0 unspecified atom stereocenters. The van der Waals surface area contributed by atoms with Gasteiger partial charge in [-0.3, -0.25) is 0 Å². The van der Waals surface area contributed by atoms with E-state index in [9.17, 15) is 0 Å². The highest BCUT2D eigenvalue weighted by Gasteiger charge is 2.17. The molecule has 0 N–H and O–H groups in total. The van der Waals surface area contributed by atoms with Gasteiger partial charge in [0.25, 0.3) is 0 Å². The lowest BCUT2D eigenvalue weighted by atomic mass is 9.98. The van der Waals surface area contributed by atoms with Crippen LogP contribution in [-0.2, 0) is 0 Å². The molecule has 0 radical (unpaired) electrons. The first-order valence-corrected chi connectivity index (χ1v) is 18.2. The Kier molecular flexibility index (Phi) is 6.61. The monoisotopic (exact) mass is 659 g/mol. The zero-order valence-corrected chi connectivity index (χ0v) is 28.1. The summed E-state index contributed by atoms with van der Waals surface area (Å²) in [6.07, 6.45) is 0. The molecule has 0 spiro atoms. The molecule has 2 aromatic heterocycles. The number of benzene rings is 8. The Bertz CT molecular complexity index is 2840. The minimum Gasteiger partial charge on any atom is -0.310 e. The summed E-state index contributed by atoms with van der Waals surface area (Å²) in [5, 5.41) is 7.77. The molecule has 0 atom stereocenters. The van der Waals surface area contributed by atoms with Crippen LogP contribution in [-0.4, -0.2) is 0 Å². The van der Waals surface area contributed by atoms with Gasteiger partial charge in [-0.1, -0.05) is 109 Å². The number of thiophene rings is 2. The quantitative estimate of drug-likeness (QED) is 0.178. The van der Waals surface area contributed by atoms with Crippen molar-refractivity contribution in [2.75, 3.05) is 4.90 Å². The molecule has 0 aliphatic carbocycles. The Balaban J connectivity index is 1.13. The van der Waals surface area contributed by atoms with Crippen LogP contribution >= 0.6 is 22.7 Å². The fourth-order valence-electron chi connectivity index (χ4n) is 7.30. The van der Waals surface area contributed by atoms with Crippen molar-refractivity contribution in [1.82, 2.24) is 0 Å². The standard InChI is InChI=1S/C46H29NS2/c1-2-10-32-27-34(20-19-30(32)9-1)33-11-7-12-36(28-33)47(37-25-26-44-41(29-37)39-13-3-5-16-42(39)48-44)35-23-21-31(22-24-35)38-15-8-18-45-46(38)40-14-4-6-17-43(40)49-45/h1-29H. The van der Waals surface area contributed by atoms with Gasteiger partial charge in [0, 0.05) is 57.4 Å². The Morgan fingerprint density at radius 3 is 1.82 bits per heavy atom. The van der Waals surface area contributed by atoms with Gasteiger partial charge in [0.05, 0.1) is 0 Å². The maximum Gasteiger partial charge on any atom is 0.0468 e. The van der Waals surface area contributed by atoms with Crippen molar-refractivity contribution in [2.45, 2.75) is 0 Å². The first kappa shape index (κ1) is 28.3. The summed E-state index contributed by atoms with van der Waals surface area (Å²) in [4.78, 5) is 2.40. The van der Waals surface area contributed by atoms with Gasteiger partial charge in [0.1, 0.15) is 0 Å². The summed E-state index contributed by atoms with van der Waals surface area (Å²) in [5.74, 6) is 0. The molecule has 0 aliphatic heterocycles. The number of rotatable bonds is 5. The van der Waals surface area contributed by atoms with Crippen LogP contribution in [0.3, 0.4) is 0 Å². The molecule has 0 bridgehead atoms. The largest absolute Gasteiger partial charge is 0.310 e. The molecule has 1 nitrogen and oxygen atoms in total. The van der Waals surface area contributed by atoms with Crippen molar-refractivity contribution in [3.05, 3.63) is 176 Å². The van der Waals surface area contributed by atoms with E-state index in [1.807, 2.05) is 22.7 Å². The molecule has 230 valence electrons. The predicted molar refractivity (Wildman–Crippen MR) is 215 cm³/mol. The molecule has 49 heavy (non-hydrogen) atoms.